The van der Waals surface area contributed by atoms with Crippen LogP contribution in [0.2, 0.25) is 0 Å². The van der Waals surface area contributed by atoms with E-state index in [-0.39, 0.29) is 18.8 Å². The molecule has 0 amide bonds. The van der Waals surface area contributed by atoms with Gasteiger partial charge in [-0.05, 0) is 24.3 Å². The number of carboxylic acids is 1. The van der Waals surface area contributed by atoms with E-state index < -0.39 is 5.97 Å². The highest BCUT2D eigenvalue weighted by atomic mass is 16.5. The Kier molecular flexibility index (Phi) is 5.04. The van der Waals surface area contributed by atoms with Crippen LogP contribution in [0.15, 0.2) is 48.5 Å². The molecule has 0 bridgehead atoms. The van der Waals surface area contributed by atoms with Crippen molar-refractivity contribution in [3.63, 3.8) is 0 Å². The molecule has 0 heterocycles. The fraction of sp³-hybridized carbons (Fsp3) is 0.188. The Morgan fingerprint density at radius 2 is 1.43 bits per heavy atom. The lowest BCUT2D eigenvalue weighted by molar-refractivity contribution is 0.0691. The van der Waals surface area contributed by atoms with Crippen LogP contribution in [0, 0.1) is 0 Å². The van der Waals surface area contributed by atoms with Gasteiger partial charge < -0.3 is 19.3 Å². The minimum absolute atomic E-state index is 0.134. The molecule has 2 rings (SSSR count). The first-order chi connectivity index (χ1) is 10.2. The lowest BCUT2D eigenvalue weighted by atomic mass is 10.2. The van der Waals surface area contributed by atoms with Crippen LogP contribution in [-0.2, 0) is 0 Å². The smallest absolute Gasteiger partial charge is 0.339 e. The van der Waals surface area contributed by atoms with Gasteiger partial charge in [-0.3, -0.25) is 0 Å². The lowest BCUT2D eigenvalue weighted by Crippen LogP contribution is -2.11. The van der Waals surface area contributed by atoms with Crippen molar-refractivity contribution in [3.8, 4) is 17.2 Å². The molecule has 0 aliphatic carbocycles. The van der Waals surface area contributed by atoms with E-state index in [1.807, 2.05) is 12.1 Å². The second-order valence-electron chi connectivity index (χ2n) is 4.15. The van der Waals surface area contributed by atoms with E-state index in [4.69, 9.17) is 19.3 Å². The first-order valence-electron chi connectivity index (χ1n) is 6.43. The fourth-order valence-electron chi connectivity index (χ4n) is 1.81. The predicted molar refractivity (Wildman–Crippen MR) is 77.4 cm³/mol. The summed E-state index contributed by atoms with van der Waals surface area (Å²) in [5.41, 5.74) is 0.134. The Morgan fingerprint density at radius 1 is 0.905 bits per heavy atom. The van der Waals surface area contributed by atoms with E-state index in [1.54, 1.807) is 37.4 Å². The zero-order valence-electron chi connectivity index (χ0n) is 11.6. The second kappa shape index (κ2) is 7.19. The van der Waals surface area contributed by atoms with E-state index in [0.717, 1.165) is 0 Å². The lowest BCUT2D eigenvalue weighted by Gasteiger charge is -2.12. The summed E-state index contributed by atoms with van der Waals surface area (Å²) >= 11 is 0. The highest BCUT2D eigenvalue weighted by Crippen LogP contribution is 2.25. The van der Waals surface area contributed by atoms with Crippen molar-refractivity contribution < 1.29 is 24.1 Å². The molecule has 0 spiro atoms. The van der Waals surface area contributed by atoms with E-state index in [2.05, 4.69) is 0 Å². The van der Waals surface area contributed by atoms with Gasteiger partial charge in [0, 0.05) is 0 Å². The summed E-state index contributed by atoms with van der Waals surface area (Å²) < 4.78 is 16.2. The molecule has 5 heteroatoms. The maximum absolute atomic E-state index is 11.0. The molecule has 0 fully saturated rings. The van der Waals surface area contributed by atoms with Crippen LogP contribution >= 0.6 is 0 Å². The molecule has 2 aromatic carbocycles. The Morgan fingerprint density at radius 3 is 2.05 bits per heavy atom. The molecule has 21 heavy (non-hydrogen) atoms. The van der Waals surface area contributed by atoms with Gasteiger partial charge in [0.15, 0.2) is 11.5 Å². The van der Waals surface area contributed by atoms with Crippen molar-refractivity contribution >= 4 is 5.97 Å². The molecule has 0 unspecified atom stereocenters. The van der Waals surface area contributed by atoms with E-state index in [1.165, 1.54) is 6.07 Å². The van der Waals surface area contributed by atoms with Crippen LogP contribution in [0.1, 0.15) is 10.4 Å². The highest BCUT2D eigenvalue weighted by molar-refractivity contribution is 5.90. The van der Waals surface area contributed by atoms with Gasteiger partial charge in [-0.25, -0.2) is 4.79 Å². The van der Waals surface area contributed by atoms with Gasteiger partial charge in [-0.2, -0.15) is 0 Å². The van der Waals surface area contributed by atoms with E-state index in [9.17, 15) is 4.79 Å². The van der Waals surface area contributed by atoms with Gasteiger partial charge in [-0.15, -0.1) is 0 Å². The number of carbonyl (C=O) groups is 1. The Hall–Kier alpha value is -2.69. The number of hydrogen-bond acceptors (Lipinski definition) is 4. The summed E-state index contributed by atoms with van der Waals surface area (Å²) in [5.74, 6) is 0.573. The van der Waals surface area contributed by atoms with Crippen molar-refractivity contribution in [1.29, 1.82) is 0 Å². The number of hydrogen-bond donors (Lipinski definition) is 1. The van der Waals surface area contributed by atoms with Crippen molar-refractivity contribution in [2.45, 2.75) is 0 Å². The van der Waals surface area contributed by atoms with Gasteiger partial charge in [-0.1, -0.05) is 24.3 Å². The van der Waals surface area contributed by atoms with Crippen molar-refractivity contribution in [2.24, 2.45) is 0 Å². The molecule has 0 radical (unpaired) electrons. The molecule has 5 nitrogen and oxygen atoms in total. The molecule has 0 aliphatic rings. The average molecular weight is 288 g/mol. The monoisotopic (exact) mass is 288 g/mol. The highest BCUT2D eigenvalue weighted by Gasteiger charge is 2.10. The molecule has 0 saturated heterocycles. The number of aromatic carboxylic acids is 1. The van der Waals surface area contributed by atoms with Crippen LogP contribution in [0.25, 0.3) is 0 Å². The quantitative estimate of drug-likeness (QED) is 0.794. The molecular weight excluding hydrogens is 272 g/mol. The number of rotatable bonds is 7. The number of para-hydroxylation sites is 3. The molecular formula is C16H16O5. The Balaban J connectivity index is 1.89. The van der Waals surface area contributed by atoms with Gasteiger partial charge in [0.05, 0.1) is 7.11 Å². The number of ether oxygens (including phenoxy) is 3. The topological polar surface area (TPSA) is 65.0 Å². The summed E-state index contributed by atoms with van der Waals surface area (Å²) in [4.78, 5) is 11.0. The maximum Gasteiger partial charge on any atom is 0.339 e. The molecule has 0 aliphatic heterocycles. The van der Waals surface area contributed by atoms with E-state index in [0.29, 0.717) is 17.2 Å². The van der Waals surface area contributed by atoms with Crippen molar-refractivity contribution in [3.05, 3.63) is 54.1 Å². The summed E-state index contributed by atoms with van der Waals surface area (Å²) in [6.07, 6.45) is 0. The first-order valence-corrected chi connectivity index (χ1v) is 6.43. The van der Waals surface area contributed by atoms with Crippen LogP contribution in [0.5, 0.6) is 17.2 Å². The Bertz CT molecular complexity index is 609. The van der Waals surface area contributed by atoms with Gasteiger partial charge in [0.25, 0.3) is 0 Å². The predicted octanol–water partition coefficient (Wildman–Crippen LogP) is 2.85. The van der Waals surface area contributed by atoms with E-state index >= 15 is 0 Å². The third kappa shape index (κ3) is 3.89. The largest absolute Gasteiger partial charge is 0.493 e. The van der Waals surface area contributed by atoms with Crippen LogP contribution in [-0.4, -0.2) is 31.4 Å². The summed E-state index contributed by atoms with van der Waals surface area (Å²) in [6, 6.07) is 13.8. The molecule has 0 aromatic heterocycles. The first kappa shape index (κ1) is 14.7. The standard InChI is InChI=1S/C16H16O5/c1-19-14-8-4-5-9-15(14)21-11-10-20-13-7-3-2-6-12(13)16(17)18/h2-9H,10-11H2,1H3,(H,17,18). The van der Waals surface area contributed by atoms with Crippen molar-refractivity contribution in [2.75, 3.05) is 20.3 Å². The minimum atomic E-state index is -1.02. The zero-order valence-corrected chi connectivity index (χ0v) is 11.6. The van der Waals surface area contributed by atoms with Crippen LogP contribution < -0.4 is 14.2 Å². The van der Waals surface area contributed by atoms with Gasteiger partial charge >= 0.3 is 5.97 Å². The molecule has 0 atom stereocenters. The SMILES string of the molecule is COc1ccccc1OCCOc1ccccc1C(=O)O. The summed E-state index contributed by atoms with van der Waals surface area (Å²) in [7, 11) is 1.57. The summed E-state index contributed by atoms with van der Waals surface area (Å²) in [6.45, 7) is 0.524. The summed E-state index contributed by atoms with van der Waals surface area (Å²) in [5, 5.41) is 9.04. The maximum atomic E-state index is 11.0. The van der Waals surface area contributed by atoms with Crippen molar-refractivity contribution in [1.82, 2.24) is 0 Å². The number of carboxylic acid groups (broad SMARTS) is 1. The minimum Gasteiger partial charge on any atom is -0.493 e. The Labute approximate surface area is 122 Å². The molecule has 1 N–H and O–H groups in total. The zero-order chi connectivity index (χ0) is 15.1. The van der Waals surface area contributed by atoms with Gasteiger partial charge in [0.1, 0.15) is 24.5 Å². The number of benzene rings is 2. The second-order valence-corrected chi connectivity index (χ2v) is 4.15. The van der Waals surface area contributed by atoms with Gasteiger partial charge in [0.2, 0.25) is 0 Å². The van der Waals surface area contributed by atoms with Crippen LogP contribution in [0.4, 0.5) is 0 Å². The molecule has 110 valence electrons. The third-order valence-electron chi connectivity index (χ3n) is 2.79. The number of methoxy groups -OCH3 is 1. The molecule has 2 aromatic rings. The average Bonchev–Trinajstić information content (AvgIpc) is 2.52. The third-order valence-corrected chi connectivity index (χ3v) is 2.79. The molecule has 0 saturated carbocycles. The van der Waals surface area contributed by atoms with Crippen LogP contribution in [0.3, 0.4) is 0 Å². The normalized spacial score (nSPS) is 9.95. The fourth-order valence-corrected chi connectivity index (χ4v) is 1.81.